The summed E-state index contributed by atoms with van der Waals surface area (Å²) in [7, 11) is 0. The Hall–Kier alpha value is -3.58. The lowest BCUT2D eigenvalue weighted by Gasteiger charge is -2.43. The molecule has 8 heteroatoms. The maximum atomic E-state index is 13.4. The van der Waals surface area contributed by atoms with E-state index >= 15 is 0 Å². The summed E-state index contributed by atoms with van der Waals surface area (Å²) in [4.78, 5) is 41.9. The number of carbonyl (C=O) groups excluding carboxylic acids is 3. The zero-order valence-electron chi connectivity index (χ0n) is 24.2. The number of amides is 1. The number of nitrogens with zero attached hydrogens (tertiary/aromatic N) is 1. The number of hydrogen-bond donors (Lipinski definition) is 1. The molecule has 7 nitrogen and oxygen atoms in total. The molecule has 0 fully saturated rings. The summed E-state index contributed by atoms with van der Waals surface area (Å²) in [6.07, 6.45) is 4.15. The molecule has 1 amide bonds. The van der Waals surface area contributed by atoms with Crippen LogP contribution in [0.4, 0.5) is 5.69 Å². The number of nitrogens with one attached hydrogen (secondary N) is 1. The Morgan fingerprint density at radius 3 is 2.22 bits per heavy atom. The van der Waals surface area contributed by atoms with Gasteiger partial charge in [0.15, 0.2) is 29.7 Å². The van der Waals surface area contributed by atoms with E-state index in [2.05, 4.69) is 17.1 Å². The second kappa shape index (κ2) is 12.1. The van der Waals surface area contributed by atoms with Crippen LogP contribution in [0.25, 0.3) is 0 Å². The number of aryl methyl sites for hydroxylation is 2. The molecule has 5 rings (SSSR count). The number of anilines is 1. The van der Waals surface area contributed by atoms with Gasteiger partial charge in [0, 0.05) is 53.5 Å². The van der Waals surface area contributed by atoms with Crippen LogP contribution >= 0.6 is 11.6 Å². The lowest BCUT2D eigenvalue weighted by Crippen LogP contribution is -2.39. The lowest BCUT2D eigenvalue weighted by atomic mass is 9.71. The highest BCUT2D eigenvalue weighted by atomic mass is 35.5. The normalized spacial score (nSPS) is 17.4. The van der Waals surface area contributed by atoms with Crippen molar-refractivity contribution < 1.29 is 23.9 Å². The summed E-state index contributed by atoms with van der Waals surface area (Å²) in [6, 6.07) is 9.43. The topological polar surface area (TPSA) is 84.9 Å². The molecule has 1 heterocycles. The molecule has 0 spiro atoms. The van der Waals surface area contributed by atoms with Gasteiger partial charge in [-0.25, -0.2) is 0 Å². The van der Waals surface area contributed by atoms with E-state index in [-0.39, 0.29) is 34.9 Å². The molecule has 2 aromatic rings. The van der Waals surface area contributed by atoms with Crippen molar-refractivity contribution in [2.75, 3.05) is 25.1 Å². The van der Waals surface area contributed by atoms with Crippen molar-refractivity contribution in [1.29, 1.82) is 0 Å². The monoisotopic (exact) mass is 576 g/mol. The van der Waals surface area contributed by atoms with E-state index in [0.29, 0.717) is 42.9 Å². The first-order valence-electron chi connectivity index (χ1n) is 14.5. The Labute approximate surface area is 246 Å². The maximum Gasteiger partial charge on any atom is 0.262 e. The number of allylic oxidation sites excluding steroid dienone is 4. The number of rotatable bonds is 8. The number of carbonyl (C=O) groups is 3. The van der Waals surface area contributed by atoms with E-state index in [9.17, 15) is 14.4 Å². The van der Waals surface area contributed by atoms with E-state index < -0.39 is 5.92 Å². The van der Waals surface area contributed by atoms with Crippen LogP contribution < -0.4 is 14.8 Å². The van der Waals surface area contributed by atoms with Crippen LogP contribution in [0.5, 0.6) is 11.5 Å². The minimum absolute atomic E-state index is 0.0807. The SMILES string of the molecule is CCOc1cc(C2C3=C(CCCC3=O)N(CC)C3=C2C(=O)CCC3)cc(Cl)c1OCC(=O)Nc1cc(C)ccc1C. The Bertz CT molecular complexity index is 1430. The maximum absolute atomic E-state index is 13.4. The van der Waals surface area contributed by atoms with E-state index in [0.717, 1.165) is 59.5 Å². The van der Waals surface area contributed by atoms with Gasteiger partial charge in [-0.1, -0.05) is 23.7 Å². The molecule has 41 heavy (non-hydrogen) atoms. The third kappa shape index (κ3) is 5.65. The molecule has 0 saturated heterocycles. The fraction of sp³-hybridized carbons (Fsp3) is 0.424. The van der Waals surface area contributed by atoms with Gasteiger partial charge in [-0.2, -0.15) is 0 Å². The number of ether oxygens (including phenoxy) is 2. The highest BCUT2D eigenvalue weighted by molar-refractivity contribution is 6.32. The van der Waals surface area contributed by atoms with Crippen molar-refractivity contribution in [3.05, 3.63) is 74.6 Å². The minimum Gasteiger partial charge on any atom is -0.490 e. The summed E-state index contributed by atoms with van der Waals surface area (Å²) < 4.78 is 11.9. The minimum atomic E-state index is -0.498. The molecule has 0 bridgehead atoms. The molecule has 0 radical (unpaired) electrons. The number of Topliss-reactive ketones (excluding diaryl/α,β-unsaturated/α-hetero) is 2. The molecular weight excluding hydrogens is 540 g/mol. The van der Waals surface area contributed by atoms with E-state index in [4.69, 9.17) is 21.1 Å². The van der Waals surface area contributed by atoms with Gasteiger partial charge in [0.05, 0.1) is 11.6 Å². The predicted molar refractivity (Wildman–Crippen MR) is 160 cm³/mol. The molecule has 2 aromatic carbocycles. The highest BCUT2D eigenvalue weighted by Crippen LogP contribution is 2.51. The molecule has 0 saturated carbocycles. The van der Waals surface area contributed by atoms with Crippen LogP contribution in [-0.4, -0.2) is 42.1 Å². The molecule has 0 unspecified atom stereocenters. The molecular formula is C33H37ClN2O5. The van der Waals surface area contributed by atoms with Gasteiger partial charge in [0.2, 0.25) is 0 Å². The van der Waals surface area contributed by atoms with E-state index in [1.165, 1.54) is 0 Å². The van der Waals surface area contributed by atoms with E-state index in [1.54, 1.807) is 6.07 Å². The third-order valence-electron chi connectivity index (χ3n) is 8.08. The van der Waals surface area contributed by atoms with Gasteiger partial charge in [-0.3, -0.25) is 14.4 Å². The van der Waals surface area contributed by atoms with Crippen molar-refractivity contribution in [3.63, 3.8) is 0 Å². The zero-order valence-corrected chi connectivity index (χ0v) is 25.0. The Morgan fingerprint density at radius 1 is 0.951 bits per heavy atom. The van der Waals surface area contributed by atoms with Crippen LogP contribution in [0, 0.1) is 13.8 Å². The van der Waals surface area contributed by atoms with Crippen LogP contribution in [0.15, 0.2) is 52.9 Å². The van der Waals surface area contributed by atoms with Gasteiger partial charge >= 0.3 is 0 Å². The number of ketones is 2. The predicted octanol–water partition coefficient (Wildman–Crippen LogP) is 6.81. The fourth-order valence-corrected chi connectivity index (χ4v) is 6.56. The molecule has 1 aliphatic heterocycles. The Kier molecular flexibility index (Phi) is 8.55. The molecule has 0 atom stereocenters. The van der Waals surface area contributed by atoms with Crippen molar-refractivity contribution in [3.8, 4) is 11.5 Å². The molecule has 1 N–H and O–H groups in total. The summed E-state index contributed by atoms with van der Waals surface area (Å²) >= 11 is 6.81. The first-order valence-corrected chi connectivity index (χ1v) is 14.9. The summed E-state index contributed by atoms with van der Waals surface area (Å²) in [5, 5.41) is 3.16. The lowest BCUT2D eigenvalue weighted by molar-refractivity contribution is -0.118. The smallest absolute Gasteiger partial charge is 0.262 e. The number of benzene rings is 2. The van der Waals surface area contributed by atoms with Crippen LogP contribution in [0.3, 0.4) is 0 Å². The van der Waals surface area contributed by atoms with Crippen LogP contribution in [0.2, 0.25) is 5.02 Å². The van der Waals surface area contributed by atoms with Gasteiger partial charge in [-0.05, 0) is 88.3 Å². The van der Waals surface area contributed by atoms with Gasteiger partial charge in [-0.15, -0.1) is 0 Å². The van der Waals surface area contributed by atoms with Crippen LogP contribution in [0.1, 0.15) is 75.0 Å². The largest absolute Gasteiger partial charge is 0.490 e. The van der Waals surface area contributed by atoms with Crippen molar-refractivity contribution in [2.45, 2.75) is 72.1 Å². The van der Waals surface area contributed by atoms with Crippen molar-refractivity contribution in [2.24, 2.45) is 0 Å². The average Bonchev–Trinajstić information content (AvgIpc) is 2.94. The number of halogens is 1. The summed E-state index contributed by atoms with van der Waals surface area (Å²) in [5.74, 6) is -0.0227. The first kappa shape index (κ1) is 28.9. The van der Waals surface area contributed by atoms with Gasteiger partial charge in [0.1, 0.15) is 0 Å². The highest BCUT2D eigenvalue weighted by Gasteiger charge is 2.43. The second-order valence-corrected chi connectivity index (χ2v) is 11.3. The molecule has 2 aliphatic carbocycles. The van der Waals surface area contributed by atoms with Gasteiger partial charge < -0.3 is 19.7 Å². The second-order valence-electron chi connectivity index (χ2n) is 10.9. The molecule has 3 aliphatic rings. The fourth-order valence-electron chi connectivity index (χ4n) is 6.28. The average molecular weight is 577 g/mol. The summed E-state index contributed by atoms with van der Waals surface area (Å²) in [6.45, 7) is 8.62. The molecule has 0 aromatic heterocycles. The first-order chi connectivity index (χ1) is 19.7. The number of hydrogen-bond acceptors (Lipinski definition) is 6. The third-order valence-corrected chi connectivity index (χ3v) is 8.36. The zero-order chi connectivity index (χ0) is 29.3. The summed E-state index contributed by atoms with van der Waals surface area (Å²) in [5.41, 5.74) is 6.90. The van der Waals surface area contributed by atoms with Crippen LogP contribution in [-0.2, 0) is 14.4 Å². The Morgan fingerprint density at radius 2 is 1.61 bits per heavy atom. The Balaban J connectivity index is 1.50. The quantitative estimate of drug-likeness (QED) is 0.372. The molecule has 216 valence electrons. The van der Waals surface area contributed by atoms with Crippen molar-refractivity contribution in [1.82, 2.24) is 4.90 Å². The van der Waals surface area contributed by atoms with E-state index in [1.807, 2.05) is 45.0 Å². The van der Waals surface area contributed by atoms with Crippen molar-refractivity contribution >= 4 is 34.8 Å². The van der Waals surface area contributed by atoms with Gasteiger partial charge in [0.25, 0.3) is 5.91 Å². The standard InChI is InChI=1S/C33H37ClN2O5/c1-5-36-24-9-7-11-26(37)31(24)30(32-25(36)10-8-12-27(32)38)21-16-22(34)33(28(17-21)40-6-2)41-18-29(39)35-23-15-19(3)13-14-20(23)4/h13-17,30H,5-12,18H2,1-4H3,(H,35,39).